The van der Waals surface area contributed by atoms with E-state index in [1.807, 2.05) is 24.3 Å². The minimum atomic E-state index is -1.25. The fourth-order valence-corrected chi connectivity index (χ4v) is 4.68. The van der Waals surface area contributed by atoms with Gasteiger partial charge in [0, 0.05) is 30.9 Å². The summed E-state index contributed by atoms with van der Waals surface area (Å²) in [6.45, 7) is 2.37. The molecular weight excluding hydrogens is 350 g/mol. The zero-order valence-corrected chi connectivity index (χ0v) is 15.1. The highest BCUT2D eigenvalue weighted by atomic mass is 32.2. The first-order chi connectivity index (χ1) is 12.8. The van der Waals surface area contributed by atoms with Crippen LogP contribution >= 0.6 is 0 Å². The molecule has 6 nitrogen and oxygen atoms in total. The number of para-hydroxylation sites is 1. The van der Waals surface area contributed by atoms with Crippen LogP contribution in [0.25, 0.3) is 11.0 Å². The lowest BCUT2D eigenvalue weighted by Gasteiger charge is -2.21. The van der Waals surface area contributed by atoms with Crippen LogP contribution < -0.4 is 14.4 Å². The lowest BCUT2D eigenvalue weighted by molar-refractivity contribution is 0.174. The first-order valence-corrected chi connectivity index (χ1v) is 10.1. The lowest BCUT2D eigenvalue weighted by atomic mass is 10.2. The Balaban J connectivity index is 1.43. The molecule has 1 aromatic heterocycles. The summed E-state index contributed by atoms with van der Waals surface area (Å²) >= 11 is 0. The third-order valence-corrected chi connectivity index (χ3v) is 6.09. The second-order valence-electron chi connectivity index (χ2n) is 6.58. The number of aromatic nitrogens is 2. The van der Waals surface area contributed by atoms with Crippen LogP contribution in [0.2, 0.25) is 0 Å². The van der Waals surface area contributed by atoms with E-state index in [4.69, 9.17) is 9.47 Å². The Morgan fingerprint density at radius 1 is 1.12 bits per heavy atom. The second-order valence-corrected chi connectivity index (χ2v) is 7.94. The fourth-order valence-electron chi connectivity index (χ4n) is 3.59. The maximum absolute atomic E-state index is 12.9. The molecule has 1 fully saturated rings. The van der Waals surface area contributed by atoms with Crippen LogP contribution in [0.15, 0.2) is 41.6 Å². The van der Waals surface area contributed by atoms with Gasteiger partial charge >= 0.3 is 0 Å². The number of hydrogen-bond acceptors (Lipinski definition) is 5. The topological polar surface area (TPSA) is 67.5 Å². The summed E-state index contributed by atoms with van der Waals surface area (Å²) in [7, 11) is -1.25. The van der Waals surface area contributed by atoms with Crippen molar-refractivity contribution in [2.24, 2.45) is 0 Å². The van der Waals surface area contributed by atoms with Gasteiger partial charge in [0.1, 0.15) is 0 Å². The highest BCUT2D eigenvalue weighted by molar-refractivity contribution is 7.84. The smallest absolute Gasteiger partial charge is 0.231 e. The first kappa shape index (κ1) is 15.7. The molecule has 0 spiro atoms. The summed E-state index contributed by atoms with van der Waals surface area (Å²) < 4.78 is 23.7. The van der Waals surface area contributed by atoms with Crippen molar-refractivity contribution in [1.82, 2.24) is 9.97 Å². The van der Waals surface area contributed by atoms with Crippen LogP contribution in [-0.4, -0.2) is 34.1 Å². The Bertz CT molecular complexity index is 954. The van der Waals surface area contributed by atoms with Gasteiger partial charge in [-0.15, -0.1) is 0 Å². The number of nitrogens with zero attached hydrogens (tertiary/aromatic N) is 2. The number of hydrogen-bond donors (Lipinski definition) is 1. The van der Waals surface area contributed by atoms with Crippen molar-refractivity contribution < 1.29 is 13.7 Å². The van der Waals surface area contributed by atoms with Gasteiger partial charge in [0.15, 0.2) is 16.7 Å². The molecule has 2 aliphatic rings. The molecule has 2 aromatic carbocycles. The Labute approximate surface area is 153 Å². The molecule has 0 aliphatic carbocycles. The Hall–Kier alpha value is -2.54. The molecular formula is C19H19N3O3S. The molecule has 1 N–H and O–H groups in total. The maximum Gasteiger partial charge on any atom is 0.231 e. The monoisotopic (exact) mass is 369 g/mol. The minimum Gasteiger partial charge on any atom is -0.454 e. The van der Waals surface area contributed by atoms with Crippen LogP contribution in [0.4, 0.5) is 5.69 Å². The van der Waals surface area contributed by atoms with Gasteiger partial charge in [-0.3, -0.25) is 4.21 Å². The summed E-state index contributed by atoms with van der Waals surface area (Å²) in [5, 5.41) is 0.486. The maximum atomic E-state index is 12.9. The number of fused-ring (bicyclic) bond motifs is 2. The molecule has 5 rings (SSSR count). The molecule has 0 bridgehead atoms. The van der Waals surface area contributed by atoms with Crippen LogP contribution in [-0.2, 0) is 16.6 Å². The standard InChI is InChI=1S/C19H19N3O3S/c23-26(11-13-5-1-2-6-16(13)22-7-3-4-8-22)19-20-14-9-17-18(25-12-24-17)10-15(14)21-19/h1-2,5-6,9-10H,3-4,7-8,11-12H2,(H,20,21). The van der Waals surface area contributed by atoms with E-state index >= 15 is 0 Å². The van der Waals surface area contributed by atoms with Crippen LogP contribution in [0.5, 0.6) is 11.5 Å². The van der Waals surface area contributed by atoms with E-state index in [0.717, 1.165) is 29.7 Å². The van der Waals surface area contributed by atoms with Gasteiger partial charge in [-0.2, -0.15) is 0 Å². The molecule has 7 heteroatoms. The zero-order valence-electron chi connectivity index (χ0n) is 14.2. The third kappa shape index (κ3) is 2.72. The van der Waals surface area contributed by atoms with Crippen LogP contribution in [0, 0.1) is 0 Å². The second kappa shape index (κ2) is 6.32. The first-order valence-electron chi connectivity index (χ1n) is 8.78. The van der Waals surface area contributed by atoms with Crippen LogP contribution in [0.1, 0.15) is 18.4 Å². The average Bonchev–Trinajstić information content (AvgIpc) is 3.39. The van der Waals surface area contributed by atoms with Crippen LogP contribution in [0.3, 0.4) is 0 Å². The van der Waals surface area contributed by atoms with Gasteiger partial charge in [-0.25, -0.2) is 4.98 Å². The number of rotatable bonds is 4. The number of H-pyrrole nitrogens is 1. The summed E-state index contributed by atoms with van der Waals surface area (Å²) in [6.07, 6.45) is 2.44. The summed E-state index contributed by atoms with van der Waals surface area (Å²) in [4.78, 5) is 10.1. The largest absolute Gasteiger partial charge is 0.454 e. The highest BCUT2D eigenvalue weighted by Gasteiger charge is 2.20. The Morgan fingerprint density at radius 2 is 1.88 bits per heavy atom. The Morgan fingerprint density at radius 3 is 2.73 bits per heavy atom. The molecule has 134 valence electrons. The van der Waals surface area contributed by atoms with E-state index in [2.05, 4.69) is 27.0 Å². The number of aromatic amines is 1. The third-order valence-electron chi connectivity index (χ3n) is 4.90. The van der Waals surface area contributed by atoms with Gasteiger partial charge < -0.3 is 19.4 Å². The number of anilines is 1. The predicted molar refractivity (Wildman–Crippen MR) is 100 cm³/mol. The Kier molecular flexibility index (Phi) is 3.81. The number of nitrogens with one attached hydrogen (secondary N) is 1. The minimum absolute atomic E-state index is 0.230. The van der Waals surface area contributed by atoms with Crippen molar-refractivity contribution in [2.45, 2.75) is 23.8 Å². The molecule has 1 atom stereocenters. The number of benzene rings is 2. The molecule has 1 unspecified atom stereocenters. The normalized spacial score (nSPS) is 17.2. The van der Waals surface area contributed by atoms with Gasteiger partial charge in [0.25, 0.3) is 0 Å². The van der Waals surface area contributed by atoms with Crippen molar-refractivity contribution in [3.63, 3.8) is 0 Å². The highest BCUT2D eigenvalue weighted by Crippen LogP contribution is 2.35. The summed E-state index contributed by atoms with van der Waals surface area (Å²) in [6, 6.07) is 11.9. The van der Waals surface area contributed by atoms with E-state index in [1.54, 1.807) is 0 Å². The van der Waals surface area contributed by atoms with E-state index in [9.17, 15) is 4.21 Å². The molecule has 26 heavy (non-hydrogen) atoms. The van der Waals surface area contributed by atoms with Crippen molar-refractivity contribution in [2.75, 3.05) is 24.8 Å². The number of ether oxygens (including phenoxy) is 2. The quantitative estimate of drug-likeness (QED) is 0.765. The van der Waals surface area contributed by atoms with Gasteiger partial charge in [0.05, 0.1) is 27.6 Å². The molecule has 0 saturated carbocycles. The average molecular weight is 369 g/mol. The molecule has 1 saturated heterocycles. The van der Waals surface area contributed by atoms with Crippen molar-refractivity contribution in [3.05, 3.63) is 42.0 Å². The SMILES string of the molecule is O=S(Cc1ccccc1N1CCCC1)c1nc2cc3c(cc2[nH]1)OCO3. The molecule has 0 amide bonds. The van der Waals surface area contributed by atoms with Gasteiger partial charge in [0.2, 0.25) is 6.79 Å². The number of imidazole rings is 1. The van der Waals surface area contributed by atoms with E-state index in [-0.39, 0.29) is 6.79 Å². The summed E-state index contributed by atoms with van der Waals surface area (Å²) in [5.41, 5.74) is 3.84. The van der Waals surface area contributed by atoms with E-state index in [0.29, 0.717) is 22.4 Å². The molecule has 3 aromatic rings. The lowest BCUT2D eigenvalue weighted by Crippen LogP contribution is -2.19. The van der Waals surface area contributed by atoms with Crippen molar-refractivity contribution in [3.8, 4) is 11.5 Å². The molecule has 3 heterocycles. The zero-order chi connectivity index (χ0) is 17.5. The van der Waals surface area contributed by atoms with Gasteiger partial charge in [-0.1, -0.05) is 18.2 Å². The van der Waals surface area contributed by atoms with E-state index < -0.39 is 10.8 Å². The molecule has 2 aliphatic heterocycles. The van der Waals surface area contributed by atoms with Crippen molar-refractivity contribution >= 4 is 27.5 Å². The summed E-state index contributed by atoms with van der Waals surface area (Å²) in [5.74, 6) is 1.82. The van der Waals surface area contributed by atoms with Gasteiger partial charge in [-0.05, 0) is 24.5 Å². The molecule has 0 radical (unpaired) electrons. The predicted octanol–water partition coefficient (Wildman–Crippen LogP) is 3.20. The van der Waals surface area contributed by atoms with E-state index in [1.165, 1.54) is 18.5 Å². The fraction of sp³-hybridized carbons (Fsp3) is 0.316. The van der Waals surface area contributed by atoms with Crippen molar-refractivity contribution in [1.29, 1.82) is 0 Å².